The molecule has 0 bridgehead atoms. The Hall–Kier alpha value is -3.21. The Morgan fingerprint density at radius 3 is 1.81 bits per heavy atom. The fraction of sp³-hybridized carbons (Fsp3) is 0.605. The number of para-hydroxylation sites is 1. The van der Waals surface area contributed by atoms with Crippen LogP contribution in [-0.2, 0) is 27.2 Å². The van der Waals surface area contributed by atoms with Gasteiger partial charge in [0.25, 0.3) is 0 Å². The van der Waals surface area contributed by atoms with Gasteiger partial charge in [-0.05, 0) is 107 Å². The Kier molecular flexibility index (Phi) is 15.6. The van der Waals surface area contributed by atoms with Gasteiger partial charge in [0.2, 0.25) is 5.91 Å². The molecule has 4 aliphatic rings. The van der Waals surface area contributed by atoms with Crippen LogP contribution >= 0.6 is 0 Å². The van der Waals surface area contributed by atoms with Crippen LogP contribution in [0.5, 0.6) is 0 Å². The predicted molar refractivity (Wildman–Crippen MR) is 201 cm³/mol. The van der Waals surface area contributed by atoms with Crippen LogP contribution in [0.4, 0.5) is 5.69 Å². The van der Waals surface area contributed by atoms with Gasteiger partial charge in [0.1, 0.15) is 11.6 Å². The molecule has 5 heteroatoms. The van der Waals surface area contributed by atoms with Crippen molar-refractivity contribution in [1.82, 2.24) is 4.90 Å². The molecule has 1 saturated carbocycles. The summed E-state index contributed by atoms with van der Waals surface area (Å²) in [4.78, 5) is 38.5. The van der Waals surface area contributed by atoms with Crippen molar-refractivity contribution in [2.45, 2.75) is 144 Å². The molecule has 0 radical (unpaired) electrons. The molecule has 1 amide bonds. The molecule has 2 atom stereocenters. The molecule has 6 rings (SSSR count). The lowest BCUT2D eigenvalue weighted by Gasteiger charge is -2.36. The average molecular weight is 657 g/mol. The highest BCUT2D eigenvalue weighted by atomic mass is 16.2. The van der Waals surface area contributed by atoms with Crippen molar-refractivity contribution in [3.63, 3.8) is 0 Å². The lowest BCUT2D eigenvalue weighted by molar-refractivity contribution is -0.135. The SMILES string of the molecule is C=C1CCc2ccccc2N1C(C)C.CC(C)C1C(=O)CCc2ccccc21.CC(C)C1CCCCC1=O.CC(C)N1CCCCC1=O. The third kappa shape index (κ3) is 10.9. The highest BCUT2D eigenvalue weighted by Crippen LogP contribution is 2.35. The Morgan fingerprint density at radius 2 is 1.25 bits per heavy atom. The summed E-state index contributed by atoms with van der Waals surface area (Å²) in [5.41, 5.74) is 6.68. The number of aryl methyl sites for hydroxylation is 2. The highest BCUT2D eigenvalue weighted by Gasteiger charge is 2.29. The Balaban J connectivity index is 0.000000176. The van der Waals surface area contributed by atoms with E-state index in [0.717, 1.165) is 64.3 Å². The maximum absolute atomic E-state index is 11.8. The number of hydrogen-bond acceptors (Lipinski definition) is 4. The maximum atomic E-state index is 11.8. The zero-order valence-corrected chi connectivity index (χ0v) is 31.4. The lowest BCUT2D eigenvalue weighted by atomic mass is 9.76. The quantitative estimate of drug-likeness (QED) is 0.329. The standard InChI is InChI=1S/C13H17N.C13H16O.C9H16O.C8H15NO/c1-10(2)14-11(3)8-9-12-6-4-5-7-13(12)14;1-9(2)13-11-6-4-3-5-10(11)7-8-12(13)14;1-7(2)8-5-3-4-6-9(8)10;1-7(2)9-6-4-3-5-8(9)10/h4-7,10H,3,8-9H2,1-2H3;3-6,9,13H,7-8H2,1-2H3;7-8H,3-6H2,1-2H3;7H,3-6H2,1-2H3. The van der Waals surface area contributed by atoms with E-state index in [0.29, 0.717) is 47.3 Å². The van der Waals surface area contributed by atoms with Crippen molar-refractivity contribution in [1.29, 1.82) is 0 Å². The van der Waals surface area contributed by atoms with Crippen molar-refractivity contribution in [2.24, 2.45) is 17.8 Å². The summed E-state index contributed by atoms with van der Waals surface area (Å²) in [5.74, 6) is 2.76. The van der Waals surface area contributed by atoms with Gasteiger partial charge in [-0.1, -0.05) is 83.2 Å². The van der Waals surface area contributed by atoms with E-state index in [2.05, 4.69) is 109 Å². The zero-order chi connectivity index (χ0) is 35.4. The molecule has 264 valence electrons. The molecule has 48 heavy (non-hydrogen) atoms. The number of rotatable bonds is 4. The van der Waals surface area contributed by atoms with Crippen LogP contribution in [0.1, 0.15) is 136 Å². The van der Waals surface area contributed by atoms with Crippen molar-refractivity contribution in [2.75, 3.05) is 11.4 Å². The minimum atomic E-state index is 0.139. The van der Waals surface area contributed by atoms with Gasteiger partial charge in [-0.2, -0.15) is 0 Å². The number of nitrogens with zero attached hydrogens (tertiary/aromatic N) is 2. The molecular weight excluding hydrogens is 592 g/mol. The number of carbonyl (C=O) groups is 3. The summed E-state index contributed by atoms with van der Waals surface area (Å²) >= 11 is 0. The molecule has 2 heterocycles. The first-order valence-corrected chi connectivity index (χ1v) is 18.8. The first-order chi connectivity index (χ1) is 22.8. The van der Waals surface area contributed by atoms with Gasteiger partial charge < -0.3 is 9.80 Å². The minimum absolute atomic E-state index is 0.139. The molecular formula is C43H64N2O3. The smallest absolute Gasteiger partial charge is 0.222 e. The van der Waals surface area contributed by atoms with Crippen molar-refractivity contribution in [3.05, 3.63) is 77.5 Å². The van der Waals surface area contributed by atoms with Gasteiger partial charge in [-0.15, -0.1) is 0 Å². The molecule has 0 aromatic heterocycles. The fourth-order valence-electron chi connectivity index (χ4n) is 7.64. The van der Waals surface area contributed by atoms with E-state index < -0.39 is 0 Å². The Labute approximate surface area is 292 Å². The number of carbonyl (C=O) groups excluding carboxylic acids is 3. The summed E-state index contributed by atoms with van der Waals surface area (Å²) in [6.07, 6.45) is 11.3. The summed E-state index contributed by atoms with van der Waals surface area (Å²) in [7, 11) is 0. The van der Waals surface area contributed by atoms with E-state index in [1.165, 1.54) is 40.9 Å². The van der Waals surface area contributed by atoms with E-state index >= 15 is 0 Å². The molecule has 2 aliphatic carbocycles. The molecule has 2 fully saturated rings. The summed E-state index contributed by atoms with van der Waals surface area (Å²) in [6.45, 7) is 22.2. The first-order valence-electron chi connectivity index (χ1n) is 18.8. The van der Waals surface area contributed by atoms with E-state index in [1.54, 1.807) is 0 Å². The van der Waals surface area contributed by atoms with Crippen molar-refractivity contribution < 1.29 is 14.4 Å². The van der Waals surface area contributed by atoms with Crippen molar-refractivity contribution >= 4 is 23.2 Å². The van der Waals surface area contributed by atoms with E-state index in [4.69, 9.17) is 0 Å². The number of ketones is 2. The molecule has 0 spiro atoms. The number of piperidine rings is 1. The van der Waals surface area contributed by atoms with Crippen molar-refractivity contribution in [3.8, 4) is 0 Å². The molecule has 2 aromatic rings. The number of benzene rings is 2. The first kappa shape index (κ1) is 39.2. The second-order valence-electron chi connectivity index (χ2n) is 15.2. The van der Waals surface area contributed by atoms with E-state index in [-0.39, 0.29) is 5.92 Å². The third-order valence-electron chi connectivity index (χ3n) is 10.2. The number of anilines is 1. The van der Waals surface area contributed by atoms with Crippen LogP contribution in [0.2, 0.25) is 0 Å². The van der Waals surface area contributed by atoms with Crippen LogP contribution in [0, 0.1) is 17.8 Å². The Morgan fingerprint density at radius 1 is 0.625 bits per heavy atom. The van der Waals surface area contributed by atoms with Gasteiger partial charge in [0.05, 0.1) is 0 Å². The number of Topliss-reactive ketones (excluding diaryl/α,β-unsaturated/α-hetero) is 2. The topological polar surface area (TPSA) is 57.7 Å². The van der Waals surface area contributed by atoms with Crippen LogP contribution in [-0.4, -0.2) is 41.0 Å². The van der Waals surface area contributed by atoms with E-state index in [1.807, 2.05) is 11.0 Å². The predicted octanol–water partition coefficient (Wildman–Crippen LogP) is 10.1. The minimum Gasteiger partial charge on any atom is -0.343 e. The average Bonchev–Trinajstić information content (AvgIpc) is 3.05. The molecule has 2 aromatic carbocycles. The molecule has 0 N–H and O–H groups in total. The Bertz CT molecular complexity index is 1250. The largest absolute Gasteiger partial charge is 0.343 e. The van der Waals surface area contributed by atoms with Crippen LogP contribution in [0.25, 0.3) is 0 Å². The molecule has 2 unspecified atom stereocenters. The molecule has 5 nitrogen and oxygen atoms in total. The summed E-state index contributed by atoms with van der Waals surface area (Å²) in [5, 5.41) is 0. The van der Waals surface area contributed by atoms with Gasteiger partial charge in [-0.3, -0.25) is 14.4 Å². The van der Waals surface area contributed by atoms with Crippen LogP contribution in [0.3, 0.4) is 0 Å². The lowest BCUT2D eigenvalue weighted by Crippen LogP contribution is -2.40. The van der Waals surface area contributed by atoms with Gasteiger partial charge in [0.15, 0.2) is 0 Å². The monoisotopic (exact) mass is 656 g/mol. The second-order valence-corrected chi connectivity index (χ2v) is 15.2. The normalized spacial score (nSPS) is 20.8. The number of hydrogen-bond donors (Lipinski definition) is 0. The molecule has 1 saturated heterocycles. The van der Waals surface area contributed by atoms with Crippen LogP contribution < -0.4 is 4.90 Å². The summed E-state index contributed by atoms with van der Waals surface area (Å²) in [6, 6.07) is 17.9. The maximum Gasteiger partial charge on any atom is 0.222 e. The third-order valence-corrected chi connectivity index (χ3v) is 10.2. The van der Waals surface area contributed by atoms with Gasteiger partial charge in [0, 0.05) is 61.1 Å². The zero-order valence-electron chi connectivity index (χ0n) is 31.4. The fourth-order valence-corrected chi connectivity index (χ4v) is 7.64. The molecule has 2 aliphatic heterocycles. The van der Waals surface area contributed by atoms with Gasteiger partial charge in [-0.25, -0.2) is 0 Å². The number of likely N-dealkylation sites (tertiary alicyclic amines) is 1. The second kappa shape index (κ2) is 19.1. The number of amides is 1. The van der Waals surface area contributed by atoms with Gasteiger partial charge >= 0.3 is 0 Å². The van der Waals surface area contributed by atoms with E-state index in [9.17, 15) is 14.4 Å². The number of fused-ring (bicyclic) bond motifs is 2. The number of allylic oxidation sites excluding steroid dienone is 1. The summed E-state index contributed by atoms with van der Waals surface area (Å²) < 4.78 is 0. The highest BCUT2D eigenvalue weighted by molar-refractivity contribution is 5.88. The van der Waals surface area contributed by atoms with Crippen LogP contribution in [0.15, 0.2) is 60.8 Å².